The van der Waals surface area contributed by atoms with Crippen LogP contribution < -0.4 is 0 Å². The van der Waals surface area contributed by atoms with E-state index < -0.39 is 0 Å². The lowest BCUT2D eigenvalue weighted by molar-refractivity contribution is 0.298. The Morgan fingerprint density at radius 2 is 2.12 bits per heavy atom. The van der Waals surface area contributed by atoms with E-state index in [9.17, 15) is 0 Å². The summed E-state index contributed by atoms with van der Waals surface area (Å²) in [6.07, 6.45) is 3.45. The second kappa shape index (κ2) is 4.61. The van der Waals surface area contributed by atoms with Gasteiger partial charge >= 0.3 is 0 Å². The third-order valence-electron chi connectivity index (χ3n) is 2.41. The molecule has 4 heteroatoms. The molecule has 0 aliphatic heterocycles. The molecule has 16 heavy (non-hydrogen) atoms. The molecule has 0 aliphatic rings. The summed E-state index contributed by atoms with van der Waals surface area (Å²) in [6.45, 7) is 4.48. The molecule has 2 aromatic rings. The number of fused-ring (bicyclic) bond motifs is 1. The molecule has 0 unspecified atom stereocenters. The lowest BCUT2D eigenvalue weighted by atomic mass is 10.1. The molecule has 0 spiro atoms. The van der Waals surface area contributed by atoms with E-state index in [4.69, 9.17) is 5.11 Å². The van der Waals surface area contributed by atoms with Crippen LogP contribution in [0.2, 0.25) is 0 Å². The quantitative estimate of drug-likeness (QED) is 0.847. The highest BCUT2D eigenvalue weighted by Crippen LogP contribution is 2.08. The van der Waals surface area contributed by atoms with E-state index in [1.807, 2.05) is 18.3 Å². The second-order valence-electron chi connectivity index (χ2n) is 4.43. The SMILES string of the molecule is CC(C)Cc1ccc2nc(CCO)cn2n1. The Hall–Kier alpha value is -1.42. The first-order valence-electron chi connectivity index (χ1n) is 5.64. The van der Waals surface area contributed by atoms with Gasteiger partial charge in [-0.25, -0.2) is 9.50 Å². The van der Waals surface area contributed by atoms with Gasteiger partial charge in [-0.3, -0.25) is 0 Å². The molecule has 0 fully saturated rings. The molecule has 0 aliphatic carbocycles. The molecule has 2 aromatic heterocycles. The first-order chi connectivity index (χ1) is 7.69. The normalized spacial score (nSPS) is 11.5. The number of hydrogen-bond donors (Lipinski definition) is 1. The third-order valence-corrected chi connectivity index (χ3v) is 2.41. The van der Waals surface area contributed by atoms with E-state index in [1.165, 1.54) is 0 Å². The average Bonchev–Trinajstić information content (AvgIpc) is 2.59. The highest BCUT2D eigenvalue weighted by Gasteiger charge is 2.04. The zero-order chi connectivity index (χ0) is 11.5. The zero-order valence-electron chi connectivity index (χ0n) is 9.72. The van der Waals surface area contributed by atoms with Crippen molar-refractivity contribution >= 4 is 5.65 Å². The molecule has 86 valence electrons. The minimum Gasteiger partial charge on any atom is -0.396 e. The van der Waals surface area contributed by atoms with Gasteiger partial charge < -0.3 is 5.11 Å². The monoisotopic (exact) mass is 219 g/mol. The van der Waals surface area contributed by atoms with Crippen LogP contribution in [0.3, 0.4) is 0 Å². The molecule has 0 atom stereocenters. The summed E-state index contributed by atoms with van der Waals surface area (Å²) in [7, 11) is 0. The number of imidazole rings is 1. The average molecular weight is 219 g/mol. The summed E-state index contributed by atoms with van der Waals surface area (Å²) in [5, 5.41) is 13.3. The van der Waals surface area contributed by atoms with Crippen LogP contribution in [0, 0.1) is 5.92 Å². The first kappa shape index (κ1) is 11.1. The van der Waals surface area contributed by atoms with Gasteiger partial charge in [0.15, 0.2) is 5.65 Å². The molecule has 0 saturated heterocycles. The van der Waals surface area contributed by atoms with Crippen LogP contribution in [0.5, 0.6) is 0 Å². The summed E-state index contributed by atoms with van der Waals surface area (Å²) in [5.41, 5.74) is 2.81. The van der Waals surface area contributed by atoms with Crippen LogP contribution in [0.4, 0.5) is 0 Å². The van der Waals surface area contributed by atoms with Gasteiger partial charge in [-0.1, -0.05) is 13.8 Å². The zero-order valence-corrected chi connectivity index (χ0v) is 9.72. The van der Waals surface area contributed by atoms with E-state index in [1.54, 1.807) is 4.52 Å². The van der Waals surface area contributed by atoms with Crippen LogP contribution >= 0.6 is 0 Å². The minimum absolute atomic E-state index is 0.128. The summed E-state index contributed by atoms with van der Waals surface area (Å²) in [6, 6.07) is 4.00. The molecule has 0 amide bonds. The van der Waals surface area contributed by atoms with Crippen molar-refractivity contribution in [2.24, 2.45) is 5.92 Å². The highest BCUT2D eigenvalue weighted by molar-refractivity contribution is 5.38. The van der Waals surface area contributed by atoms with Crippen molar-refractivity contribution in [2.45, 2.75) is 26.7 Å². The van der Waals surface area contributed by atoms with Gasteiger partial charge in [0.25, 0.3) is 0 Å². The summed E-state index contributed by atoms with van der Waals surface area (Å²) >= 11 is 0. The number of aliphatic hydroxyl groups is 1. The van der Waals surface area contributed by atoms with Gasteiger partial charge in [0.05, 0.1) is 17.6 Å². The van der Waals surface area contributed by atoms with E-state index in [-0.39, 0.29) is 6.61 Å². The molecular weight excluding hydrogens is 202 g/mol. The van der Waals surface area contributed by atoms with Crippen molar-refractivity contribution in [1.82, 2.24) is 14.6 Å². The van der Waals surface area contributed by atoms with Crippen molar-refractivity contribution in [3.63, 3.8) is 0 Å². The summed E-state index contributed by atoms with van der Waals surface area (Å²) in [4.78, 5) is 4.36. The number of nitrogens with zero attached hydrogens (tertiary/aromatic N) is 3. The van der Waals surface area contributed by atoms with Crippen LogP contribution in [-0.2, 0) is 12.8 Å². The molecule has 4 nitrogen and oxygen atoms in total. The Morgan fingerprint density at radius 1 is 1.31 bits per heavy atom. The Kier molecular flexibility index (Phi) is 3.19. The summed E-state index contributed by atoms with van der Waals surface area (Å²) in [5.74, 6) is 0.602. The lowest BCUT2D eigenvalue weighted by Gasteiger charge is -2.03. The van der Waals surface area contributed by atoms with Crippen molar-refractivity contribution in [3.8, 4) is 0 Å². The highest BCUT2D eigenvalue weighted by atomic mass is 16.3. The number of aromatic nitrogens is 3. The molecule has 2 rings (SSSR count). The molecular formula is C12H17N3O. The third kappa shape index (κ3) is 2.39. The van der Waals surface area contributed by atoms with Crippen molar-refractivity contribution in [3.05, 3.63) is 29.7 Å². The fourth-order valence-electron chi connectivity index (χ4n) is 1.73. The van der Waals surface area contributed by atoms with Crippen LogP contribution in [0.15, 0.2) is 18.3 Å². The predicted octanol–water partition coefficient (Wildman–Crippen LogP) is 1.46. The standard InChI is InChI=1S/C12H17N3O/c1-9(2)7-10-3-4-12-13-11(5-6-16)8-15(12)14-10/h3-4,8-9,16H,5-7H2,1-2H3. The van der Waals surface area contributed by atoms with E-state index in [0.717, 1.165) is 23.5 Å². The van der Waals surface area contributed by atoms with Gasteiger partial charge in [0, 0.05) is 13.0 Å². The first-order valence-corrected chi connectivity index (χ1v) is 5.64. The van der Waals surface area contributed by atoms with Gasteiger partial charge in [0.2, 0.25) is 0 Å². The van der Waals surface area contributed by atoms with Gasteiger partial charge in [-0.05, 0) is 24.5 Å². The largest absolute Gasteiger partial charge is 0.396 e. The van der Waals surface area contributed by atoms with E-state index in [2.05, 4.69) is 23.9 Å². The molecule has 1 N–H and O–H groups in total. The van der Waals surface area contributed by atoms with Gasteiger partial charge in [0.1, 0.15) is 0 Å². The maximum atomic E-state index is 8.85. The number of hydrogen-bond acceptors (Lipinski definition) is 3. The fourth-order valence-corrected chi connectivity index (χ4v) is 1.73. The smallest absolute Gasteiger partial charge is 0.153 e. The number of rotatable bonds is 4. The van der Waals surface area contributed by atoms with Gasteiger partial charge in [-0.15, -0.1) is 0 Å². The van der Waals surface area contributed by atoms with E-state index in [0.29, 0.717) is 12.3 Å². The van der Waals surface area contributed by atoms with Crippen LogP contribution in [-0.4, -0.2) is 26.3 Å². The Bertz CT molecular complexity index is 476. The maximum absolute atomic E-state index is 8.85. The maximum Gasteiger partial charge on any atom is 0.153 e. The van der Waals surface area contributed by atoms with Crippen molar-refractivity contribution in [1.29, 1.82) is 0 Å². The molecule has 0 saturated carbocycles. The van der Waals surface area contributed by atoms with Crippen molar-refractivity contribution < 1.29 is 5.11 Å². The van der Waals surface area contributed by atoms with Crippen LogP contribution in [0.25, 0.3) is 5.65 Å². The molecule has 0 bridgehead atoms. The molecule has 0 radical (unpaired) electrons. The minimum atomic E-state index is 0.128. The van der Waals surface area contributed by atoms with Crippen LogP contribution in [0.1, 0.15) is 25.2 Å². The predicted molar refractivity (Wildman–Crippen MR) is 62.3 cm³/mol. The topological polar surface area (TPSA) is 50.4 Å². The Balaban J connectivity index is 2.30. The Labute approximate surface area is 94.9 Å². The van der Waals surface area contributed by atoms with Crippen molar-refractivity contribution in [2.75, 3.05) is 6.61 Å². The van der Waals surface area contributed by atoms with Gasteiger partial charge in [-0.2, -0.15) is 5.10 Å². The molecule has 0 aromatic carbocycles. The summed E-state index contributed by atoms with van der Waals surface area (Å²) < 4.78 is 1.79. The number of aliphatic hydroxyl groups excluding tert-OH is 1. The Morgan fingerprint density at radius 3 is 2.81 bits per heavy atom. The second-order valence-corrected chi connectivity index (χ2v) is 4.43. The van der Waals surface area contributed by atoms with E-state index >= 15 is 0 Å². The fraction of sp³-hybridized carbons (Fsp3) is 0.500. The molecule has 2 heterocycles. The lowest BCUT2D eigenvalue weighted by Crippen LogP contribution is -2.01.